The largest absolute Gasteiger partial charge is 0.496 e. The number of Topliss-reactive ketones (excluding diaryl/α,β-unsaturated/α-hetero) is 1. The monoisotopic (exact) mass is 267 g/mol. The first-order chi connectivity index (χ1) is 8.95. The third-order valence-electron chi connectivity index (χ3n) is 2.87. The fourth-order valence-electron chi connectivity index (χ4n) is 2.08. The van der Waals surface area contributed by atoms with Crippen LogP contribution in [0.15, 0.2) is 18.2 Å². The second kappa shape index (κ2) is 7.24. The molecule has 0 spiro atoms. The van der Waals surface area contributed by atoms with Crippen molar-refractivity contribution in [2.75, 3.05) is 27.2 Å². The molecule has 0 aliphatic rings. The van der Waals surface area contributed by atoms with Gasteiger partial charge in [0.05, 0.1) is 12.7 Å². The lowest BCUT2D eigenvalue weighted by molar-refractivity contribution is 0.0960. The number of hydrogen-bond donors (Lipinski definition) is 0. The molecule has 0 aliphatic heterocycles. The minimum absolute atomic E-state index is 0.0583. The van der Waals surface area contributed by atoms with Crippen molar-refractivity contribution in [1.82, 2.24) is 4.90 Å². The molecule has 3 nitrogen and oxygen atoms in total. The Balaban J connectivity index is 2.68. The van der Waals surface area contributed by atoms with E-state index >= 15 is 0 Å². The standard InChI is InChI=1S/C15H22FNO2/c1-11(2)10-17(3)9-8-13(18)15-12(16)6-5-7-14(15)19-4/h5-7,11H,8-10H2,1-4H3. The van der Waals surface area contributed by atoms with Crippen LogP contribution < -0.4 is 4.74 Å². The van der Waals surface area contributed by atoms with Gasteiger partial charge in [-0.15, -0.1) is 0 Å². The third kappa shape index (κ3) is 4.63. The normalized spacial score (nSPS) is 11.1. The van der Waals surface area contributed by atoms with Gasteiger partial charge in [0.15, 0.2) is 5.78 Å². The highest BCUT2D eigenvalue weighted by atomic mass is 19.1. The van der Waals surface area contributed by atoms with Crippen LogP contribution in [-0.4, -0.2) is 37.9 Å². The van der Waals surface area contributed by atoms with Gasteiger partial charge in [0, 0.05) is 19.5 Å². The van der Waals surface area contributed by atoms with Crippen LogP contribution in [0.2, 0.25) is 0 Å². The van der Waals surface area contributed by atoms with E-state index in [0.29, 0.717) is 24.6 Å². The smallest absolute Gasteiger partial charge is 0.170 e. The van der Waals surface area contributed by atoms with Crippen molar-refractivity contribution in [3.8, 4) is 5.75 Å². The summed E-state index contributed by atoms with van der Waals surface area (Å²) in [5.74, 6) is 0.112. The summed E-state index contributed by atoms with van der Waals surface area (Å²) < 4.78 is 18.8. The summed E-state index contributed by atoms with van der Waals surface area (Å²) in [6.45, 7) is 5.78. The molecule has 0 fully saturated rings. The minimum atomic E-state index is -0.518. The number of benzene rings is 1. The molecule has 0 heterocycles. The number of carbonyl (C=O) groups is 1. The van der Waals surface area contributed by atoms with E-state index in [1.54, 1.807) is 6.07 Å². The van der Waals surface area contributed by atoms with Crippen molar-refractivity contribution in [1.29, 1.82) is 0 Å². The molecule has 4 heteroatoms. The molecule has 19 heavy (non-hydrogen) atoms. The van der Waals surface area contributed by atoms with Crippen LogP contribution in [-0.2, 0) is 0 Å². The first-order valence-corrected chi connectivity index (χ1v) is 6.50. The average molecular weight is 267 g/mol. The van der Waals surface area contributed by atoms with Gasteiger partial charge in [-0.25, -0.2) is 4.39 Å². The number of ether oxygens (including phenoxy) is 1. The molecule has 106 valence electrons. The molecule has 0 bridgehead atoms. The Morgan fingerprint density at radius 2 is 2.11 bits per heavy atom. The second-order valence-electron chi connectivity index (χ2n) is 5.15. The number of hydrogen-bond acceptors (Lipinski definition) is 3. The highest BCUT2D eigenvalue weighted by Gasteiger charge is 2.17. The molecule has 1 aromatic carbocycles. The SMILES string of the molecule is COc1cccc(F)c1C(=O)CCN(C)CC(C)C. The minimum Gasteiger partial charge on any atom is -0.496 e. The van der Waals surface area contributed by atoms with Gasteiger partial charge in [-0.3, -0.25) is 4.79 Å². The quantitative estimate of drug-likeness (QED) is 0.711. The second-order valence-corrected chi connectivity index (χ2v) is 5.15. The Kier molecular flexibility index (Phi) is 5.96. The summed E-state index contributed by atoms with van der Waals surface area (Å²) in [5, 5.41) is 0. The first kappa shape index (κ1) is 15.6. The number of carbonyl (C=O) groups excluding carboxylic acids is 1. The number of ketones is 1. The van der Waals surface area contributed by atoms with E-state index in [9.17, 15) is 9.18 Å². The molecule has 1 rings (SSSR count). The van der Waals surface area contributed by atoms with Gasteiger partial charge in [-0.2, -0.15) is 0 Å². The predicted molar refractivity (Wildman–Crippen MR) is 74.2 cm³/mol. The number of methoxy groups -OCH3 is 1. The van der Waals surface area contributed by atoms with Crippen LogP contribution in [0.4, 0.5) is 4.39 Å². The fraction of sp³-hybridized carbons (Fsp3) is 0.533. The summed E-state index contributed by atoms with van der Waals surface area (Å²) in [6, 6.07) is 4.43. The van der Waals surface area contributed by atoms with Crippen LogP contribution >= 0.6 is 0 Å². The van der Waals surface area contributed by atoms with Crippen LogP contribution in [0.5, 0.6) is 5.75 Å². The molecule has 0 saturated carbocycles. The van der Waals surface area contributed by atoms with Crippen molar-refractivity contribution in [3.63, 3.8) is 0 Å². The third-order valence-corrected chi connectivity index (χ3v) is 2.87. The van der Waals surface area contributed by atoms with E-state index in [1.807, 2.05) is 7.05 Å². The summed E-state index contributed by atoms with van der Waals surface area (Å²) in [6.07, 6.45) is 0.292. The van der Waals surface area contributed by atoms with E-state index in [4.69, 9.17) is 4.74 Å². The lowest BCUT2D eigenvalue weighted by atomic mass is 10.1. The molecular weight excluding hydrogens is 245 g/mol. The molecule has 0 unspecified atom stereocenters. The van der Waals surface area contributed by atoms with E-state index < -0.39 is 5.82 Å². The van der Waals surface area contributed by atoms with Gasteiger partial charge in [0.1, 0.15) is 11.6 Å². The van der Waals surface area contributed by atoms with E-state index in [1.165, 1.54) is 19.2 Å². The van der Waals surface area contributed by atoms with E-state index in [-0.39, 0.29) is 11.3 Å². The van der Waals surface area contributed by atoms with E-state index in [0.717, 1.165) is 6.54 Å². The predicted octanol–water partition coefficient (Wildman–Crippen LogP) is 2.99. The molecule has 0 N–H and O–H groups in total. The fourth-order valence-corrected chi connectivity index (χ4v) is 2.08. The molecule has 0 amide bonds. The Morgan fingerprint density at radius 3 is 2.68 bits per heavy atom. The van der Waals surface area contributed by atoms with Crippen molar-refractivity contribution in [2.24, 2.45) is 5.92 Å². The molecule has 1 aromatic rings. The van der Waals surface area contributed by atoms with Crippen LogP contribution in [0, 0.1) is 11.7 Å². The Hall–Kier alpha value is -1.42. The van der Waals surface area contributed by atoms with Gasteiger partial charge in [-0.1, -0.05) is 19.9 Å². The molecular formula is C15H22FNO2. The number of halogens is 1. The highest BCUT2D eigenvalue weighted by molar-refractivity contribution is 5.99. The summed E-state index contributed by atoms with van der Waals surface area (Å²) in [4.78, 5) is 14.2. The van der Waals surface area contributed by atoms with Crippen molar-refractivity contribution in [3.05, 3.63) is 29.6 Å². The number of rotatable bonds is 7. The zero-order valence-corrected chi connectivity index (χ0v) is 12.1. The maximum atomic E-state index is 13.7. The van der Waals surface area contributed by atoms with Gasteiger partial charge in [0.25, 0.3) is 0 Å². The van der Waals surface area contributed by atoms with Crippen LogP contribution in [0.25, 0.3) is 0 Å². The Bertz CT molecular complexity index is 432. The van der Waals surface area contributed by atoms with Gasteiger partial charge in [0.2, 0.25) is 0 Å². The first-order valence-electron chi connectivity index (χ1n) is 6.50. The maximum Gasteiger partial charge on any atom is 0.170 e. The Morgan fingerprint density at radius 1 is 1.42 bits per heavy atom. The van der Waals surface area contributed by atoms with Crippen molar-refractivity contribution in [2.45, 2.75) is 20.3 Å². The van der Waals surface area contributed by atoms with E-state index in [2.05, 4.69) is 18.7 Å². The van der Waals surface area contributed by atoms with Gasteiger partial charge < -0.3 is 9.64 Å². The molecule has 0 saturated heterocycles. The average Bonchev–Trinajstić information content (AvgIpc) is 2.34. The zero-order chi connectivity index (χ0) is 14.4. The van der Waals surface area contributed by atoms with Gasteiger partial charge >= 0.3 is 0 Å². The maximum absolute atomic E-state index is 13.7. The summed E-state index contributed by atoms with van der Waals surface area (Å²) >= 11 is 0. The van der Waals surface area contributed by atoms with Crippen LogP contribution in [0.3, 0.4) is 0 Å². The zero-order valence-electron chi connectivity index (χ0n) is 12.1. The lowest BCUT2D eigenvalue weighted by Crippen LogP contribution is -2.26. The lowest BCUT2D eigenvalue weighted by Gasteiger charge is -2.18. The van der Waals surface area contributed by atoms with Crippen molar-refractivity contribution >= 4 is 5.78 Å². The number of nitrogens with zero attached hydrogens (tertiary/aromatic N) is 1. The van der Waals surface area contributed by atoms with Crippen molar-refractivity contribution < 1.29 is 13.9 Å². The summed E-state index contributed by atoms with van der Waals surface area (Å²) in [7, 11) is 3.41. The molecule has 0 atom stereocenters. The van der Waals surface area contributed by atoms with Gasteiger partial charge in [-0.05, 0) is 25.1 Å². The topological polar surface area (TPSA) is 29.5 Å². The summed E-state index contributed by atoms with van der Waals surface area (Å²) in [5.41, 5.74) is 0.0583. The van der Waals surface area contributed by atoms with Crippen LogP contribution in [0.1, 0.15) is 30.6 Å². The molecule has 0 aromatic heterocycles. The Labute approximate surface area is 114 Å². The molecule has 0 aliphatic carbocycles. The highest BCUT2D eigenvalue weighted by Crippen LogP contribution is 2.22. The molecule has 0 radical (unpaired) electrons.